The molecular weight excluding hydrogens is 398 g/mol. The molecule has 0 bridgehead atoms. The van der Waals surface area contributed by atoms with Gasteiger partial charge in [0.1, 0.15) is 5.82 Å². The molecule has 0 saturated carbocycles. The van der Waals surface area contributed by atoms with Gasteiger partial charge in [-0.25, -0.2) is 4.39 Å². The van der Waals surface area contributed by atoms with Gasteiger partial charge >= 0.3 is 0 Å². The molecule has 0 aliphatic carbocycles. The van der Waals surface area contributed by atoms with Crippen LogP contribution in [0.4, 0.5) is 4.39 Å². The fourth-order valence-electron chi connectivity index (χ4n) is 2.32. The van der Waals surface area contributed by atoms with Crippen molar-refractivity contribution in [3.63, 3.8) is 0 Å². The predicted octanol–water partition coefficient (Wildman–Crippen LogP) is 4.37. The second kappa shape index (κ2) is 8.07. The van der Waals surface area contributed by atoms with Gasteiger partial charge in [0.25, 0.3) is 5.91 Å². The summed E-state index contributed by atoms with van der Waals surface area (Å²) in [4.78, 5) is 12.2. The number of hydrogen-bond donors (Lipinski definition) is 1. The second-order valence-corrected chi connectivity index (χ2v) is 6.82. The van der Waals surface area contributed by atoms with Gasteiger partial charge in [0.2, 0.25) is 0 Å². The summed E-state index contributed by atoms with van der Waals surface area (Å²) in [5.41, 5.74) is 0.958. The number of carbonyl (C=O) groups excluding carboxylic acids is 1. The number of aromatic nitrogens is 3. The van der Waals surface area contributed by atoms with Gasteiger partial charge in [-0.05, 0) is 42.7 Å². The second-order valence-electron chi connectivity index (χ2n) is 5.23. The molecule has 2 aromatic carbocycles. The molecule has 3 rings (SSSR count). The highest BCUT2D eigenvalue weighted by molar-refractivity contribution is 7.98. The highest BCUT2D eigenvalue weighted by Gasteiger charge is 2.16. The van der Waals surface area contributed by atoms with Crippen molar-refractivity contribution >= 4 is 40.9 Å². The molecule has 1 amide bonds. The van der Waals surface area contributed by atoms with Crippen molar-refractivity contribution in [3.8, 4) is 5.69 Å². The van der Waals surface area contributed by atoms with E-state index in [9.17, 15) is 9.18 Å². The summed E-state index contributed by atoms with van der Waals surface area (Å²) in [5, 5.41) is 12.4. The number of amides is 1. The number of nitrogens with zero attached hydrogens (tertiary/aromatic N) is 3. The topological polar surface area (TPSA) is 59.8 Å². The van der Waals surface area contributed by atoms with E-state index in [1.807, 2.05) is 6.26 Å². The summed E-state index contributed by atoms with van der Waals surface area (Å²) in [6, 6.07) is 10.6. The van der Waals surface area contributed by atoms with Gasteiger partial charge in [0.15, 0.2) is 11.0 Å². The molecule has 0 unspecified atom stereocenters. The maximum atomic E-state index is 13.3. The molecule has 1 N–H and O–H groups in total. The highest BCUT2D eigenvalue weighted by atomic mass is 35.5. The van der Waals surface area contributed by atoms with Crippen molar-refractivity contribution in [1.29, 1.82) is 0 Å². The summed E-state index contributed by atoms with van der Waals surface area (Å²) in [5.74, 6) is -0.363. The minimum absolute atomic E-state index is 0.114. The first kappa shape index (κ1) is 18.7. The van der Waals surface area contributed by atoms with Gasteiger partial charge in [-0.15, -0.1) is 10.2 Å². The summed E-state index contributed by atoms with van der Waals surface area (Å²) < 4.78 is 15.0. The normalized spacial score (nSPS) is 10.8. The van der Waals surface area contributed by atoms with E-state index in [1.165, 1.54) is 36.0 Å². The number of hydrogen-bond acceptors (Lipinski definition) is 4. The standard InChI is InChI=1S/C17H13Cl2FN4OS/c1-26-17-23-22-15(24(17)12-5-6-13(18)14(19)8-12)9-21-16(25)10-3-2-4-11(20)7-10/h2-8H,9H2,1H3,(H,21,25). The van der Waals surface area contributed by atoms with E-state index >= 15 is 0 Å². The van der Waals surface area contributed by atoms with Crippen molar-refractivity contribution in [2.24, 2.45) is 0 Å². The Hall–Kier alpha value is -2.09. The Morgan fingerprint density at radius 1 is 1.19 bits per heavy atom. The van der Waals surface area contributed by atoms with E-state index in [-0.39, 0.29) is 12.1 Å². The first-order chi connectivity index (χ1) is 12.5. The summed E-state index contributed by atoms with van der Waals surface area (Å²) >= 11 is 13.5. The van der Waals surface area contributed by atoms with E-state index < -0.39 is 11.7 Å². The zero-order valence-electron chi connectivity index (χ0n) is 13.5. The van der Waals surface area contributed by atoms with Crippen molar-refractivity contribution in [3.05, 3.63) is 69.7 Å². The molecule has 0 atom stereocenters. The average molecular weight is 411 g/mol. The Morgan fingerprint density at radius 3 is 2.69 bits per heavy atom. The van der Waals surface area contributed by atoms with Crippen LogP contribution in [0.25, 0.3) is 5.69 Å². The molecule has 134 valence electrons. The van der Waals surface area contributed by atoms with E-state index in [1.54, 1.807) is 22.8 Å². The number of thioether (sulfide) groups is 1. The van der Waals surface area contributed by atoms with Gasteiger partial charge < -0.3 is 5.32 Å². The van der Waals surface area contributed by atoms with Crippen LogP contribution >= 0.6 is 35.0 Å². The predicted molar refractivity (Wildman–Crippen MR) is 101 cm³/mol. The number of nitrogens with one attached hydrogen (secondary N) is 1. The molecule has 1 heterocycles. The molecule has 0 spiro atoms. The Labute approximate surface area is 163 Å². The molecule has 5 nitrogen and oxygen atoms in total. The molecule has 0 fully saturated rings. The van der Waals surface area contributed by atoms with E-state index in [0.717, 1.165) is 5.69 Å². The quantitative estimate of drug-likeness (QED) is 0.634. The third-order valence-corrected chi connectivity index (χ3v) is 4.91. The lowest BCUT2D eigenvalue weighted by molar-refractivity contribution is 0.0949. The zero-order valence-corrected chi connectivity index (χ0v) is 15.9. The van der Waals surface area contributed by atoms with Crippen LogP contribution in [0.5, 0.6) is 0 Å². The number of rotatable bonds is 5. The molecule has 0 radical (unpaired) electrons. The van der Waals surface area contributed by atoms with Gasteiger partial charge in [0.05, 0.1) is 22.3 Å². The molecule has 0 saturated heterocycles. The van der Waals surface area contributed by atoms with Crippen molar-refractivity contribution in [2.45, 2.75) is 11.7 Å². The fraction of sp³-hybridized carbons (Fsp3) is 0.118. The van der Waals surface area contributed by atoms with Crippen LogP contribution in [-0.4, -0.2) is 26.9 Å². The van der Waals surface area contributed by atoms with Crippen LogP contribution in [0.15, 0.2) is 47.6 Å². The smallest absolute Gasteiger partial charge is 0.251 e. The summed E-state index contributed by atoms with van der Waals surface area (Å²) in [7, 11) is 0. The summed E-state index contributed by atoms with van der Waals surface area (Å²) in [6.07, 6.45) is 1.87. The van der Waals surface area contributed by atoms with E-state index in [4.69, 9.17) is 23.2 Å². The van der Waals surface area contributed by atoms with Gasteiger partial charge in [0, 0.05) is 5.56 Å². The van der Waals surface area contributed by atoms with Crippen LogP contribution in [0.1, 0.15) is 16.2 Å². The third kappa shape index (κ3) is 4.00. The Morgan fingerprint density at radius 2 is 2.00 bits per heavy atom. The maximum absolute atomic E-state index is 13.3. The number of benzene rings is 2. The van der Waals surface area contributed by atoms with Gasteiger partial charge in [-0.1, -0.05) is 41.0 Å². The molecule has 0 aliphatic heterocycles. The minimum atomic E-state index is -0.471. The average Bonchev–Trinajstić information content (AvgIpc) is 3.05. The SMILES string of the molecule is CSc1nnc(CNC(=O)c2cccc(F)c2)n1-c1ccc(Cl)c(Cl)c1. The monoisotopic (exact) mass is 410 g/mol. The Balaban J connectivity index is 1.85. The van der Waals surface area contributed by atoms with E-state index in [2.05, 4.69) is 15.5 Å². The van der Waals surface area contributed by atoms with Gasteiger partial charge in [-0.2, -0.15) is 0 Å². The Kier molecular flexibility index (Phi) is 5.80. The maximum Gasteiger partial charge on any atom is 0.251 e. The lowest BCUT2D eigenvalue weighted by atomic mass is 10.2. The van der Waals surface area contributed by atoms with Crippen molar-refractivity contribution in [1.82, 2.24) is 20.1 Å². The van der Waals surface area contributed by atoms with E-state index in [0.29, 0.717) is 21.0 Å². The summed E-state index contributed by atoms with van der Waals surface area (Å²) in [6.45, 7) is 0.114. The van der Waals surface area contributed by atoms with Crippen LogP contribution in [-0.2, 0) is 6.54 Å². The molecule has 1 aromatic heterocycles. The Bertz CT molecular complexity index is 964. The molecule has 9 heteroatoms. The van der Waals surface area contributed by atoms with Gasteiger partial charge in [-0.3, -0.25) is 9.36 Å². The number of halogens is 3. The number of carbonyl (C=O) groups is 1. The highest BCUT2D eigenvalue weighted by Crippen LogP contribution is 2.27. The van der Waals surface area contributed by atoms with Crippen LogP contribution < -0.4 is 5.32 Å². The van der Waals surface area contributed by atoms with Crippen LogP contribution in [0.3, 0.4) is 0 Å². The first-order valence-corrected chi connectivity index (χ1v) is 9.45. The minimum Gasteiger partial charge on any atom is -0.345 e. The molecular formula is C17H13Cl2FN4OS. The largest absolute Gasteiger partial charge is 0.345 e. The fourth-order valence-corrected chi connectivity index (χ4v) is 3.13. The first-order valence-electron chi connectivity index (χ1n) is 7.47. The third-order valence-electron chi connectivity index (χ3n) is 3.54. The lowest BCUT2D eigenvalue weighted by Gasteiger charge is -2.11. The van der Waals surface area contributed by atoms with Crippen molar-refractivity contribution in [2.75, 3.05) is 6.26 Å². The zero-order chi connectivity index (χ0) is 18.7. The molecule has 26 heavy (non-hydrogen) atoms. The van der Waals surface area contributed by atoms with Crippen LogP contribution in [0, 0.1) is 5.82 Å². The lowest BCUT2D eigenvalue weighted by Crippen LogP contribution is -2.24. The molecule has 3 aromatic rings. The van der Waals surface area contributed by atoms with Crippen LogP contribution in [0.2, 0.25) is 10.0 Å². The van der Waals surface area contributed by atoms with Crippen molar-refractivity contribution < 1.29 is 9.18 Å². The molecule has 0 aliphatic rings.